The minimum Gasteiger partial charge on any atom is -0.466 e. The topological polar surface area (TPSA) is 76.7 Å². The van der Waals surface area contributed by atoms with Crippen LogP contribution in [0.15, 0.2) is 59.8 Å². The molecule has 0 radical (unpaired) electrons. The van der Waals surface area contributed by atoms with E-state index < -0.39 is 12.0 Å². The standard InChI is InChI=1S/C24H28N2O4/c1-5-6-20-21(23(27)29-4)22(26-24(28)25-20)17-9-13-19(14-10-17)30-18-11-7-16(8-12-18)15(2)3/h7-15,22H,5-6H2,1-4H3,(H2,25,26,28). The molecule has 30 heavy (non-hydrogen) atoms. The third kappa shape index (κ3) is 4.82. The zero-order chi connectivity index (χ0) is 21.7. The molecule has 0 aromatic heterocycles. The minimum absolute atomic E-state index is 0.332. The Kier molecular flexibility index (Phi) is 6.77. The lowest BCUT2D eigenvalue weighted by Gasteiger charge is -2.29. The predicted molar refractivity (Wildman–Crippen MR) is 115 cm³/mol. The Bertz CT molecular complexity index is 931. The van der Waals surface area contributed by atoms with Gasteiger partial charge in [0.15, 0.2) is 0 Å². The summed E-state index contributed by atoms with van der Waals surface area (Å²) in [7, 11) is 1.34. The van der Waals surface area contributed by atoms with Crippen molar-refractivity contribution in [2.24, 2.45) is 0 Å². The Morgan fingerprint density at radius 2 is 1.63 bits per heavy atom. The van der Waals surface area contributed by atoms with E-state index in [1.165, 1.54) is 12.7 Å². The summed E-state index contributed by atoms with van der Waals surface area (Å²) in [5.41, 5.74) is 3.06. The number of urea groups is 1. The molecule has 1 atom stereocenters. The molecule has 2 aromatic carbocycles. The number of hydrogen-bond acceptors (Lipinski definition) is 4. The Hall–Kier alpha value is -3.28. The van der Waals surface area contributed by atoms with Crippen molar-refractivity contribution < 1.29 is 19.1 Å². The zero-order valence-electron chi connectivity index (χ0n) is 17.8. The number of nitrogens with one attached hydrogen (secondary N) is 2. The number of esters is 1. The summed E-state index contributed by atoms with van der Waals surface area (Å²) in [6.07, 6.45) is 1.38. The van der Waals surface area contributed by atoms with Crippen molar-refractivity contribution in [3.8, 4) is 11.5 Å². The van der Waals surface area contributed by atoms with Crippen LogP contribution in [0.2, 0.25) is 0 Å². The average Bonchev–Trinajstić information content (AvgIpc) is 2.74. The molecule has 1 heterocycles. The van der Waals surface area contributed by atoms with E-state index in [1.807, 2.05) is 43.3 Å². The highest BCUT2D eigenvalue weighted by Gasteiger charge is 2.33. The Morgan fingerprint density at radius 1 is 1.03 bits per heavy atom. The molecule has 6 nitrogen and oxygen atoms in total. The summed E-state index contributed by atoms with van der Waals surface area (Å²) >= 11 is 0. The molecule has 2 amide bonds. The molecule has 3 rings (SSSR count). The molecular weight excluding hydrogens is 380 g/mol. The van der Waals surface area contributed by atoms with E-state index in [0.717, 1.165) is 17.7 Å². The fourth-order valence-electron chi connectivity index (χ4n) is 3.45. The first kappa shape index (κ1) is 21.4. The molecule has 0 saturated carbocycles. The van der Waals surface area contributed by atoms with Gasteiger partial charge in [0.2, 0.25) is 0 Å². The molecule has 158 valence electrons. The van der Waals surface area contributed by atoms with Gasteiger partial charge in [-0.05, 0) is 47.7 Å². The highest BCUT2D eigenvalue weighted by Crippen LogP contribution is 2.31. The number of benzene rings is 2. The van der Waals surface area contributed by atoms with Crippen LogP contribution in [0.3, 0.4) is 0 Å². The quantitative estimate of drug-likeness (QED) is 0.619. The lowest BCUT2D eigenvalue weighted by molar-refractivity contribution is -0.136. The predicted octanol–water partition coefficient (Wildman–Crippen LogP) is 5.18. The van der Waals surface area contributed by atoms with Crippen LogP contribution in [0.25, 0.3) is 0 Å². The van der Waals surface area contributed by atoms with Gasteiger partial charge in [0.05, 0.1) is 18.7 Å². The fourth-order valence-corrected chi connectivity index (χ4v) is 3.45. The fraction of sp³-hybridized carbons (Fsp3) is 0.333. The van der Waals surface area contributed by atoms with Gasteiger partial charge in [-0.3, -0.25) is 0 Å². The van der Waals surface area contributed by atoms with E-state index in [2.05, 4.69) is 36.6 Å². The molecule has 2 N–H and O–H groups in total. The molecule has 0 saturated heterocycles. The van der Waals surface area contributed by atoms with Crippen molar-refractivity contribution in [1.82, 2.24) is 10.6 Å². The third-order valence-electron chi connectivity index (χ3n) is 5.05. The van der Waals surface area contributed by atoms with Crippen molar-refractivity contribution >= 4 is 12.0 Å². The van der Waals surface area contributed by atoms with Gasteiger partial charge in [0.1, 0.15) is 11.5 Å². The number of ether oxygens (including phenoxy) is 2. The largest absolute Gasteiger partial charge is 0.466 e. The van der Waals surface area contributed by atoms with Crippen LogP contribution < -0.4 is 15.4 Å². The van der Waals surface area contributed by atoms with Crippen LogP contribution in [0.4, 0.5) is 4.79 Å². The number of allylic oxidation sites excluding steroid dienone is 1. The smallest absolute Gasteiger partial charge is 0.337 e. The molecular formula is C24H28N2O4. The second kappa shape index (κ2) is 9.48. The number of hydrogen-bond donors (Lipinski definition) is 2. The molecule has 0 aliphatic carbocycles. The first-order valence-corrected chi connectivity index (χ1v) is 10.2. The normalized spacial score (nSPS) is 16.2. The van der Waals surface area contributed by atoms with E-state index in [-0.39, 0.29) is 6.03 Å². The van der Waals surface area contributed by atoms with Gasteiger partial charge in [-0.2, -0.15) is 0 Å². The number of methoxy groups -OCH3 is 1. The van der Waals surface area contributed by atoms with Crippen LogP contribution >= 0.6 is 0 Å². The lowest BCUT2D eigenvalue weighted by Crippen LogP contribution is -2.45. The van der Waals surface area contributed by atoms with Crippen molar-refractivity contribution in [3.05, 3.63) is 70.9 Å². The Balaban J connectivity index is 1.83. The van der Waals surface area contributed by atoms with Gasteiger partial charge in [-0.25, -0.2) is 9.59 Å². The number of carbonyl (C=O) groups excluding carboxylic acids is 2. The summed E-state index contributed by atoms with van der Waals surface area (Å²) in [6.45, 7) is 6.29. The molecule has 1 aliphatic heterocycles. The average molecular weight is 408 g/mol. The lowest BCUT2D eigenvalue weighted by atomic mass is 9.94. The zero-order valence-corrected chi connectivity index (χ0v) is 17.8. The van der Waals surface area contributed by atoms with E-state index in [1.54, 1.807) is 0 Å². The summed E-state index contributed by atoms with van der Waals surface area (Å²) in [5, 5.41) is 5.57. The maximum absolute atomic E-state index is 12.4. The van der Waals surface area contributed by atoms with Crippen LogP contribution in [0.1, 0.15) is 56.7 Å². The van der Waals surface area contributed by atoms with E-state index in [0.29, 0.717) is 29.4 Å². The first-order valence-electron chi connectivity index (χ1n) is 10.2. The van der Waals surface area contributed by atoms with Gasteiger partial charge in [-0.15, -0.1) is 0 Å². The monoisotopic (exact) mass is 408 g/mol. The van der Waals surface area contributed by atoms with Gasteiger partial charge >= 0.3 is 12.0 Å². The summed E-state index contributed by atoms with van der Waals surface area (Å²) in [5.74, 6) is 1.44. The molecule has 1 aliphatic rings. The van der Waals surface area contributed by atoms with Crippen molar-refractivity contribution in [2.45, 2.75) is 45.6 Å². The minimum atomic E-state index is -0.577. The van der Waals surface area contributed by atoms with E-state index in [9.17, 15) is 9.59 Å². The van der Waals surface area contributed by atoms with E-state index in [4.69, 9.17) is 9.47 Å². The third-order valence-corrected chi connectivity index (χ3v) is 5.05. The second-order valence-corrected chi connectivity index (χ2v) is 7.56. The summed E-state index contributed by atoms with van der Waals surface area (Å²) < 4.78 is 10.9. The van der Waals surface area contributed by atoms with Gasteiger partial charge in [0, 0.05) is 5.70 Å². The summed E-state index contributed by atoms with van der Waals surface area (Å²) in [6, 6.07) is 14.5. The molecule has 6 heteroatoms. The van der Waals surface area contributed by atoms with Crippen LogP contribution in [0, 0.1) is 0 Å². The molecule has 2 aromatic rings. The highest BCUT2D eigenvalue weighted by atomic mass is 16.5. The van der Waals surface area contributed by atoms with Crippen LogP contribution in [-0.4, -0.2) is 19.1 Å². The maximum Gasteiger partial charge on any atom is 0.337 e. The molecule has 0 bridgehead atoms. The van der Waals surface area contributed by atoms with Crippen molar-refractivity contribution in [2.75, 3.05) is 7.11 Å². The Labute approximate surface area is 177 Å². The van der Waals surface area contributed by atoms with Crippen LogP contribution in [-0.2, 0) is 9.53 Å². The van der Waals surface area contributed by atoms with E-state index >= 15 is 0 Å². The summed E-state index contributed by atoms with van der Waals surface area (Å²) in [4.78, 5) is 24.6. The Morgan fingerprint density at radius 3 is 2.17 bits per heavy atom. The number of carbonyl (C=O) groups is 2. The van der Waals surface area contributed by atoms with Crippen LogP contribution in [0.5, 0.6) is 11.5 Å². The number of rotatable bonds is 7. The van der Waals surface area contributed by atoms with Crippen molar-refractivity contribution in [3.63, 3.8) is 0 Å². The van der Waals surface area contributed by atoms with Gasteiger partial charge in [0.25, 0.3) is 0 Å². The molecule has 1 unspecified atom stereocenters. The highest BCUT2D eigenvalue weighted by molar-refractivity contribution is 5.95. The maximum atomic E-state index is 12.4. The van der Waals surface area contributed by atoms with Crippen molar-refractivity contribution in [1.29, 1.82) is 0 Å². The van der Waals surface area contributed by atoms with Gasteiger partial charge in [-0.1, -0.05) is 51.5 Å². The molecule has 0 fully saturated rings. The van der Waals surface area contributed by atoms with Gasteiger partial charge < -0.3 is 20.1 Å². The number of amides is 2. The second-order valence-electron chi connectivity index (χ2n) is 7.56. The SMILES string of the molecule is CCCC1=C(C(=O)OC)C(c2ccc(Oc3ccc(C(C)C)cc3)cc2)NC(=O)N1. The first-order chi connectivity index (χ1) is 14.4. The molecule has 0 spiro atoms.